The number of aliphatic imine (C=N–C) groups is 1. The summed E-state index contributed by atoms with van der Waals surface area (Å²) in [6.07, 6.45) is 8.90. The number of allylic oxidation sites excluding steroid dienone is 1. The van der Waals surface area contributed by atoms with Crippen LogP contribution in [0.15, 0.2) is 29.4 Å². The van der Waals surface area contributed by atoms with Crippen LogP contribution in [-0.2, 0) is 7.05 Å². The second-order valence-electron chi connectivity index (χ2n) is 3.62. The van der Waals surface area contributed by atoms with Gasteiger partial charge in [-0.15, -0.1) is 0 Å². The fraction of sp³-hybridized carbons (Fsp3) is 0.167. The summed E-state index contributed by atoms with van der Waals surface area (Å²) in [6, 6.07) is 4.05. The summed E-state index contributed by atoms with van der Waals surface area (Å²) >= 11 is 0. The van der Waals surface area contributed by atoms with E-state index in [-0.39, 0.29) is 0 Å². The van der Waals surface area contributed by atoms with E-state index in [9.17, 15) is 0 Å². The third kappa shape index (κ3) is 1.13. The number of pyridine rings is 1. The average Bonchev–Trinajstić information content (AvgIpc) is 2.48. The van der Waals surface area contributed by atoms with Crippen LogP contribution in [0.1, 0.15) is 12.0 Å². The Morgan fingerprint density at radius 3 is 3.27 bits per heavy atom. The SMILES string of the molecule is Cn1c2c(c3cccnc31)C=CCC=N2. The molecule has 74 valence electrons. The van der Waals surface area contributed by atoms with Gasteiger partial charge in [-0.05, 0) is 12.1 Å². The molecular weight excluding hydrogens is 186 g/mol. The molecule has 2 aromatic rings. The summed E-state index contributed by atoms with van der Waals surface area (Å²) in [4.78, 5) is 8.83. The van der Waals surface area contributed by atoms with E-state index in [1.165, 1.54) is 10.9 Å². The third-order valence-corrected chi connectivity index (χ3v) is 2.69. The van der Waals surface area contributed by atoms with E-state index in [4.69, 9.17) is 0 Å². The van der Waals surface area contributed by atoms with Gasteiger partial charge in [0.1, 0.15) is 11.5 Å². The first kappa shape index (κ1) is 8.41. The van der Waals surface area contributed by atoms with Crippen LogP contribution in [0.25, 0.3) is 17.1 Å². The largest absolute Gasteiger partial charge is 0.313 e. The van der Waals surface area contributed by atoms with Gasteiger partial charge in [0.05, 0.1) is 0 Å². The van der Waals surface area contributed by atoms with Crippen LogP contribution in [0.3, 0.4) is 0 Å². The first-order chi connectivity index (χ1) is 7.38. The minimum absolute atomic E-state index is 0.899. The van der Waals surface area contributed by atoms with Gasteiger partial charge in [-0.1, -0.05) is 12.2 Å². The van der Waals surface area contributed by atoms with Crippen molar-refractivity contribution < 1.29 is 0 Å². The number of hydrogen-bond acceptors (Lipinski definition) is 2. The number of fused-ring (bicyclic) bond motifs is 3. The number of nitrogens with zero attached hydrogens (tertiary/aromatic N) is 3. The van der Waals surface area contributed by atoms with Crippen molar-refractivity contribution in [2.24, 2.45) is 12.0 Å². The average molecular weight is 197 g/mol. The summed E-state index contributed by atoms with van der Waals surface area (Å²) in [7, 11) is 2.00. The van der Waals surface area contributed by atoms with E-state index < -0.39 is 0 Å². The molecule has 0 saturated heterocycles. The molecular formula is C12H11N3. The zero-order valence-corrected chi connectivity index (χ0v) is 8.51. The molecule has 2 aromatic heterocycles. The first-order valence-electron chi connectivity index (χ1n) is 5.00. The number of aryl methyl sites for hydroxylation is 1. The van der Waals surface area contributed by atoms with Crippen molar-refractivity contribution in [2.45, 2.75) is 6.42 Å². The van der Waals surface area contributed by atoms with Crippen molar-refractivity contribution >= 4 is 29.1 Å². The summed E-state index contributed by atoms with van der Waals surface area (Å²) < 4.78 is 2.04. The van der Waals surface area contributed by atoms with E-state index in [1.807, 2.05) is 30.1 Å². The van der Waals surface area contributed by atoms with Gasteiger partial charge in [0.25, 0.3) is 0 Å². The Bertz CT molecular complexity index is 576. The fourth-order valence-corrected chi connectivity index (χ4v) is 1.98. The molecule has 0 N–H and O–H groups in total. The molecule has 0 bridgehead atoms. The molecule has 3 heteroatoms. The molecule has 0 fully saturated rings. The lowest BCUT2D eigenvalue weighted by Crippen LogP contribution is -1.88. The maximum Gasteiger partial charge on any atom is 0.141 e. The molecule has 3 heterocycles. The standard InChI is InChI=1S/C12H11N3/c1-15-11-9(5-2-3-7-13-11)10-6-4-8-14-12(10)15/h2,4-8H,3H2,1H3. The van der Waals surface area contributed by atoms with Crippen LogP contribution in [0, 0.1) is 0 Å². The van der Waals surface area contributed by atoms with Crippen molar-refractivity contribution in [3.8, 4) is 0 Å². The van der Waals surface area contributed by atoms with E-state index in [2.05, 4.69) is 28.2 Å². The maximum absolute atomic E-state index is 4.46. The summed E-state index contributed by atoms with van der Waals surface area (Å²) in [5.41, 5.74) is 2.17. The molecule has 0 atom stereocenters. The molecule has 0 saturated carbocycles. The second kappa shape index (κ2) is 3.05. The zero-order chi connectivity index (χ0) is 10.3. The van der Waals surface area contributed by atoms with Crippen molar-refractivity contribution in [1.82, 2.24) is 9.55 Å². The molecule has 3 rings (SSSR count). The maximum atomic E-state index is 4.46. The number of hydrogen-bond donors (Lipinski definition) is 0. The minimum Gasteiger partial charge on any atom is -0.313 e. The highest BCUT2D eigenvalue weighted by molar-refractivity contribution is 5.94. The molecule has 0 aliphatic carbocycles. The Morgan fingerprint density at radius 1 is 1.40 bits per heavy atom. The topological polar surface area (TPSA) is 30.2 Å². The van der Waals surface area contributed by atoms with Gasteiger partial charge >= 0.3 is 0 Å². The minimum atomic E-state index is 0.899. The molecule has 15 heavy (non-hydrogen) atoms. The van der Waals surface area contributed by atoms with Gasteiger partial charge in [0.15, 0.2) is 0 Å². The van der Waals surface area contributed by atoms with E-state index in [1.54, 1.807) is 0 Å². The van der Waals surface area contributed by atoms with E-state index in [0.29, 0.717) is 0 Å². The van der Waals surface area contributed by atoms with Crippen molar-refractivity contribution in [3.63, 3.8) is 0 Å². The quantitative estimate of drug-likeness (QED) is 0.638. The number of aromatic nitrogens is 2. The van der Waals surface area contributed by atoms with E-state index >= 15 is 0 Å². The highest BCUT2D eigenvalue weighted by Gasteiger charge is 2.13. The smallest absolute Gasteiger partial charge is 0.141 e. The lowest BCUT2D eigenvalue weighted by molar-refractivity contribution is 0.945. The Hall–Kier alpha value is -1.90. The van der Waals surface area contributed by atoms with Crippen LogP contribution < -0.4 is 0 Å². The predicted octanol–water partition coefficient (Wildman–Crippen LogP) is 2.69. The molecule has 0 radical (unpaired) electrons. The van der Waals surface area contributed by atoms with Crippen LogP contribution >= 0.6 is 0 Å². The fourth-order valence-electron chi connectivity index (χ4n) is 1.98. The molecule has 0 unspecified atom stereocenters. The van der Waals surface area contributed by atoms with Crippen molar-refractivity contribution in [3.05, 3.63) is 30.0 Å². The van der Waals surface area contributed by atoms with Crippen LogP contribution in [0.5, 0.6) is 0 Å². The zero-order valence-electron chi connectivity index (χ0n) is 8.51. The third-order valence-electron chi connectivity index (χ3n) is 2.69. The highest BCUT2D eigenvalue weighted by Crippen LogP contribution is 2.32. The lowest BCUT2D eigenvalue weighted by Gasteiger charge is -1.96. The van der Waals surface area contributed by atoms with Crippen LogP contribution in [-0.4, -0.2) is 15.8 Å². The molecule has 1 aliphatic rings. The van der Waals surface area contributed by atoms with E-state index in [0.717, 1.165) is 17.9 Å². The summed E-state index contributed by atoms with van der Waals surface area (Å²) in [5, 5.41) is 1.17. The molecule has 0 spiro atoms. The Balaban J connectivity index is 2.48. The van der Waals surface area contributed by atoms with Gasteiger partial charge in [-0.3, -0.25) is 0 Å². The van der Waals surface area contributed by atoms with Crippen molar-refractivity contribution in [2.75, 3.05) is 0 Å². The predicted molar refractivity (Wildman–Crippen MR) is 62.5 cm³/mol. The summed E-state index contributed by atoms with van der Waals surface area (Å²) in [5.74, 6) is 0.998. The Kier molecular flexibility index (Phi) is 1.71. The van der Waals surface area contributed by atoms with Crippen LogP contribution in [0.4, 0.5) is 5.82 Å². The Morgan fingerprint density at radius 2 is 2.33 bits per heavy atom. The summed E-state index contributed by atoms with van der Waals surface area (Å²) in [6.45, 7) is 0. The first-order valence-corrected chi connectivity index (χ1v) is 5.00. The molecule has 0 aromatic carbocycles. The van der Waals surface area contributed by atoms with Crippen molar-refractivity contribution in [1.29, 1.82) is 0 Å². The van der Waals surface area contributed by atoms with Gasteiger partial charge in [0.2, 0.25) is 0 Å². The molecule has 3 nitrogen and oxygen atoms in total. The highest BCUT2D eigenvalue weighted by atomic mass is 15.1. The van der Waals surface area contributed by atoms with Gasteiger partial charge in [-0.25, -0.2) is 9.98 Å². The van der Waals surface area contributed by atoms with Gasteiger partial charge < -0.3 is 4.57 Å². The second-order valence-corrected chi connectivity index (χ2v) is 3.62. The number of rotatable bonds is 0. The van der Waals surface area contributed by atoms with Gasteiger partial charge in [0, 0.05) is 36.8 Å². The Labute approximate surface area is 87.8 Å². The normalized spacial score (nSPS) is 14.2. The molecule has 0 amide bonds. The monoisotopic (exact) mass is 197 g/mol. The van der Waals surface area contributed by atoms with Crippen LogP contribution in [0.2, 0.25) is 0 Å². The molecule has 1 aliphatic heterocycles. The lowest BCUT2D eigenvalue weighted by atomic mass is 10.2. The van der Waals surface area contributed by atoms with Gasteiger partial charge in [-0.2, -0.15) is 0 Å².